The van der Waals surface area contributed by atoms with E-state index in [1.165, 1.54) is 18.4 Å². The van der Waals surface area contributed by atoms with E-state index < -0.39 is 0 Å². The SMILES string of the molecule is CSCC1(c2ccccc2C(C)=O)CC1. The third-order valence-corrected chi connectivity index (χ3v) is 3.99. The second-order valence-electron chi connectivity index (χ2n) is 4.32. The lowest BCUT2D eigenvalue weighted by Gasteiger charge is -2.17. The summed E-state index contributed by atoms with van der Waals surface area (Å²) in [6.07, 6.45) is 4.60. The summed E-state index contributed by atoms with van der Waals surface area (Å²) in [6, 6.07) is 8.08. The lowest BCUT2D eigenvalue weighted by atomic mass is 9.91. The minimum absolute atomic E-state index is 0.193. The average Bonchev–Trinajstić information content (AvgIpc) is 2.99. The highest BCUT2D eigenvalue weighted by molar-refractivity contribution is 7.98. The van der Waals surface area contributed by atoms with E-state index in [0.29, 0.717) is 5.41 Å². The highest BCUT2D eigenvalue weighted by Gasteiger charge is 2.45. The maximum atomic E-state index is 11.5. The van der Waals surface area contributed by atoms with E-state index in [2.05, 4.69) is 12.3 Å². The molecule has 2 rings (SSSR count). The van der Waals surface area contributed by atoms with Gasteiger partial charge in [-0.15, -0.1) is 0 Å². The molecule has 2 heteroatoms. The summed E-state index contributed by atoms with van der Waals surface area (Å²) >= 11 is 1.88. The smallest absolute Gasteiger partial charge is 0.160 e. The molecular weight excluding hydrogens is 204 g/mol. The van der Waals surface area contributed by atoms with Crippen LogP contribution in [0.3, 0.4) is 0 Å². The average molecular weight is 220 g/mol. The van der Waals surface area contributed by atoms with Gasteiger partial charge in [0, 0.05) is 16.7 Å². The van der Waals surface area contributed by atoms with Gasteiger partial charge in [0.05, 0.1) is 0 Å². The van der Waals surface area contributed by atoms with E-state index in [9.17, 15) is 4.79 Å². The Morgan fingerprint density at radius 1 is 1.40 bits per heavy atom. The topological polar surface area (TPSA) is 17.1 Å². The van der Waals surface area contributed by atoms with Gasteiger partial charge < -0.3 is 0 Å². The van der Waals surface area contributed by atoms with Gasteiger partial charge in [0.25, 0.3) is 0 Å². The molecule has 0 unspecified atom stereocenters. The summed E-state index contributed by atoms with van der Waals surface area (Å²) in [5, 5.41) is 0. The molecule has 0 spiro atoms. The fourth-order valence-electron chi connectivity index (χ4n) is 2.17. The quantitative estimate of drug-likeness (QED) is 0.724. The first-order valence-electron chi connectivity index (χ1n) is 5.29. The number of benzene rings is 1. The maximum absolute atomic E-state index is 11.5. The molecule has 0 aromatic heterocycles. The van der Waals surface area contributed by atoms with Crippen molar-refractivity contribution in [3.8, 4) is 0 Å². The van der Waals surface area contributed by atoms with Crippen LogP contribution in [0, 0.1) is 0 Å². The van der Waals surface area contributed by atoms with Crippen LogP contribution in [-0.2, 0) is 5.41 Å². The molecule has 0 bridgehead atoms. The van der Waals surface area contributed by atoms with Crippen LogP contribution in [0.15, 0.2) is 24.3 Å². The molecule has 1 nitrogen and oxygen atoms in total. The van der Waals surface area contributed by atoms with Gasteiger partial charge in [-0.25, -0.2) is 0 Å². The molecular formula is C13H16OS. The van der Waals surface area contributed by atoms with E-state index in [1.54, 1.807) is 6.92 Å². The molecule has 0 saturated heterocycles. The van der Waals surface area contributed by atoms with Gasteiger partial charge in [-0.2, -0.15) is 11.8 Å². The molecule has 80 valence electrons. The minimum Gasteiger partial charge on any atom is -0.295 e. The van der Waals surface area contributed by atoms with E-state index in [4.69, 9.17) is 0 Å². The summed E-state index contributed by atoms with van der Waals surface area (Å²) in [5.74, 6) is 1.33. The molecule has 1 aliphatic carbocycles. The Balaban J connectivity index is 2.39. The van der Waals surface area contributed by atoms with E-state index >= 15 is 0 Å². The van der Waals surface area contributed by atoms with Crippen molar-refractivity contribution in [3.63, 3.8) is 0 Å². The zero-order valence-electron chi connectivity index (χ0n) is 9.25. The van der Waals surface area contributed by atoms with Crippen molar-refractivity contribution in [2.24, 2.45) is 0 Å². The number of Topliss-reactive ketones (excluding diaryl/α,β-unsaturated/α-hetero) is 1. The molecule has 1 aromatic rings. The number of carbonyl (C=O) groups is 1. The fourth-order valence-corrected chi connectivity index (χ4v) is 3.17. The van der Waals surface area contributed by atoms with Crippen LogP contribution in [0.5, 0.6) is 0 Å². The Kier molecular flexibility index (Phi) is 2.87. The van der Waals surface area contributed by atoms with E-state index in [0.717, 1.165) is 11.3 Å². The molecule has 0 atom stereocenters. The van der Waals surface area contributed by atoms with Crippen molar-refractivity contribution < 1.29 is 4.79 Å². The second kappa shape index (κ2) is 4.01. The number of hydrogen-bond acceptors (Lipinski definition) is 2. The van der Waals surface area contributed by atoms with Crippen molar-refractivity contribution in [1.29, 1.82) is 0 Å². The maximum Gasteiger partial charge on any atom is 0.160 e. The lowest BCUT2D eigenvalue weighted by Crippen LogP contribution is -2.14. The van der Waals surface area contributed by atoms with Gasteiger partial charge in [-0.05, 0) is 31.6 Å². The van der Waals surface area contributed by atoms with Crippen LogP contribution in [0.4, 0.5) is 0 Å². The summed E-state index contributed by atoms with van der Waals surface area (Å²) < 4.78 is 0. The van der Waals surface area contributed by atoms with Crippen molar-refractivity contribution >= 4 is 17.5 Å². The fraction of sp³-hybridized carbons (Fsp3) is 0.462. The first-order valence-corrected chi connectivity index (χ1v) is 6.68. The lowest BCUT2D eigenvalue weighted by molar-refractivity contribution is 0.101. The molecule has 1 aromatic carbocycles. The highest BCUT2D eigenvalue weighted by atomic mass is 32.2. The van der Waals surface area contributed by atoms with Gasteiger partial charge in [0.15, 0.2) is 5.78 Å². The standard InChI is InChI=1S/C13H16OS/c1-10(14)11-5-3-4-6-12(11)13(7-8-13)9-15-2/h3-6H,7-9H2,1-2H3. The van der Waals surface area contributed by atoms with Gasteiger partial charge in [0.1, 0.15) is 0 Å². The third-order valence-electron chi connectivity index (χ3n) is 3.15. The van der Waals surface area contributed by atoms with Crippen LogP contribution >= 0.6 is 11.8 Å². The van der Waals surface area contributed by atoms with Crippen molar-refractivity contribution in [2.75, 3.05) is 12.0 Å². The van der Waals surface area contributed by atoms with Crippen LogP contribution in [0.25, 0.3) is 0 Å². The molecule has 1 aliphatic rings. The third kappa shape index (κ3) is 1.96. The Morgan fingerprint density at radius 3 is 2.60 bits per heavy atom. The van der Waals surface area contributed by atoms with Gasteiger partial charge >= 0.3 is 0 Å². The minimum atomic E-state index is 0.193. The Morgan fingerprint density at radius 2 is 2.07 bits per heavy atom. The molecule has 15 heavy (non-hydrogen) atoms. The van der Waals surface area contributed by atoms with Crippen molar-refractivity contribution in [2.45, 2.75) is 25.2 Å². The number of thioether (sulfide) groups is 1. The summed E-state index contributed by atoms with van der Waals surface area (Å²) in [6.45, 7) is 1.66. The largest absolute Gasteiger partial charge is 0.295 e. The van der Waals surface area contributed by atoms with Crippen molar-refractivity contribution in [1.82, 2.24) is 0 Å². The van der Waals surface area contributed by atoms with Crippen LogP contribution in [0.1, 0.15) is 35.7 Å². The first-order chi connectivity index (χ1) is 7.19. The predicted octanol–water partition coefficient (Wildman–Crippen LogP) is 3.28. The number of rotatable bonds is 4. The molecule has 1 saturated carbocycles. The predicted molar refractivity (Wildman–Crippen MR) is 65.7 cm³/mol. The molecule has 1 fully saturated rings. The molecule has 0 radical (unpaired) electrons. The van der Waals surface area contributed by atoms with Gasteiger partial charge in [0.2, 0.25) is 0 Å². The normalized spacial score (nSPS) is 17.5. The molecule has 0 heterocycles. The second-order valence-corrected chi connectivity index (χ2v) is 5.18. The van der Waals surface area contributed by atoms with Crippen molar-refractivity contribution in [3.05, 3.63) is 35.4 Å². The Hall–Kier alpha value is -0.760. The summed E-state index contributed by atoms with van der Waals surface area (Å²) in [7, 11) is 0. The van der Waals surface area contributed by atoms with E-state index in [-0.39, 0.29) is 5.78 Å². The zero-order chi connectivity index (χ0) is 10.9. The summed E-state index contributed by atoms with van der Waals surface area (Å²) in [4.78, 5) is 11.5. The molecule has 0 amide bonds. The number of carbonyl (C=O) groups excluding carboxylic acids is 1. The zero-order valence-corrected chi connectivity index (χ0v) is 10.1. The van der Waals surface area contributed by atoms with Gasteiger partial charge in [-0.1, -0.05) is 24.3 Å². The molecule has 0 aliphatic heterocycles. The Labute approximate surface area is 95.3 Å². The monoisotopic (exact) mass is 220 g/mol. The highest BCUT2D eigenvalue weighted by Crippen LogP contribution is 2.51. The van der Waals surface area contributed by atoms with Gasteiger partial charge in [-0.3, -0.25) is 4.79 Å². The van der Waals surface area contributed by atoms with Crippen LogP contribution < -0.4 is 0 Å². The first kappa shape index (κ1) is 10.7. The van der Waals surface area contributed by atoms with Crippen LogP contribution in [0.2, 0.25) is 0 Å². The molecule has 0 N–H and O–H groups in total. The van der Waals surface area contributed by atoms with Crippen LogP contribution in [-0.4, -0.2) is 17.8 Å². The van der Waals surface area contributed by atoms with E-state index in [1.807, 2.05) is 30.0 Å². The Bertz CT molecular complexity index is 380. The number of hydrogen-bond donors (Lipinski definition) is 0. The summed E-state index contributed by atoms with van der Waals surface area (Å²) in [5.41, 5.74) is 2.50. The number of ketones is 1.